The van der Waals surface area contributed by atoms with E-state index in [1.165, 1.54) is 4.90 Å². The first kappa shape index (κ1) is 20.2. The molecule has 3 aromatic rings. The first-order chi connectivity index (χ1) is 14.6. The van der Waals surface area contributed by atoms with Crippen LogP contribution in [-0.2, 0) is 11.2 Å². The van der Waals surface area contributed by atoms with Crippen LogP contribution in [0.4, 0.5) is 4.79 Å². The van der Waals surface area contributed by atoms with Crippen molar-refractivity contribution in [2.75, 3.05) is 0 Å². The number of amides is 3. The number of carbonyl (C=O) groups excluding carboxylic acids is 2. The summed E-state index contributed by atoms with van der Waals surface area (Å²) in [6.45, 7) is 0. The highest BCUT2D eigenvalue weighted by atomic mass is 127. The molecular weight excluding hydrogens is 491 g/mol. The fourth-order valence-electron chi connectivity index (χ4n) is 3.53. The molecule has 2 N–H and O–H groups in total. The van der Waals surface area contributed by atoms with Crippen LogP contribution in [0.3, 0.4) is 0 Å². The average molecular weight is 510 g/mol. The Morgan fingerprint density at radius 1 is 1.13 bits per heavy atom. The van der Waals surface area contributed by atoms with Crippen LogP contribution in [0.1, 0.15) is 23.9 Å². The van der Waals surface area contributed by atoms with Gasteiger partial charge in [-0.3, -0.25) is 9.69 Å². The molecule has 7 heteroatoms. The van der Waals surface area contributed by atoms with Crippen molar-refractivity contribution in [3.63, 3.8) is 0 Å². The van der Waals surface area contributed by atoms with Crippen LogP contribution in [0.5, 0.6) is 0 Å². The van der Waals surface area contributed by atoms with E-state index < -0.39 is 18.1 Å². The van der Waals surface area contributed by atoms with Gasteiger partial charge in [0.15, 0.2) is 0 Å². The molecule has 0 aliphatic carbocycles. The van der Waals surface area contributed by atoms with Gasteiger partial charge in [0.2, 0.25) is 0 Å². The fraction of sp³-hybridized carbons (Fsp3) is 0.174. The number of imide groups is 1. The number of benzene rings is 2. The van der Waals surface area contributed by atoms with Crippen molar-refractivity contribution >= 4 is 34.5 Å². The quantitative estimate of drug-likeness (QED) is 0.300. The summed E-state index contributed by atoms with van der Waals surface area (Å²) in [7, 11) is 0. The summed E-state index contributed by atoms with van der Waals surface area (Å²) in [4.78, 5) is 34.7. The predicted octanol–water partition coefficient (Wildman–Crippen LogP) is 3.91. The van der Waals surface area contributed by atoms with Gasteiger partial charge in [0.05, 0.1) is 11.9 Å². The van der Waals surface area contributed by atoms with Gasteiger partial charge < -0.3 is 10.3 Å². The van der Waals surface area contributed by atoms with Crippen molar-refractivity contribution in [1.29, 1.82) is 0 Å². The van der Waals surface area contributed by atoms with Crippen LogP contribution in [0.25, 0.3) is 11.3 Å². The maximum absolute atomic E-state index is 12.9. The molecule has 3 amide bonds. The molecule has 1 fully saturated rings. The Morgan fingerprint density at radius 2 is 1.87 bits per heavy atom. The lowest BCUT2D eigenvalue weighted by atomic mass is 10.0. The summed E-state index contributed by atoms with van der Waals surface area (Å²) in [6, 6.07) is 16.0. The van der Waals surface area contributed by atoms with E-state index in [0.717, 1.165) is 20.4 Å². The van der Waals surface area contributed by atoms with Crippen molar-refractivity contribution in [3.8, 4) is 23.6 Å². The molecule has 2 atom stereocenters. The number of nitrogens with one attached hydrogen (secondary N) is 2. The van der Waals surface area contributed by atoms with E-state index in [1.54, 1.807) is 6.20 Å². The van der Waals surface area contributed by atoms with E-state index in [4.69, 9.17) is 6.42 Å². The number of urea groups is 1. The second-order valence-corrected chi connectivity index (χ2v) is 8.26. The zero-order valence-electron chi connectivity index (χ0n) is 16.0. The fourth-order valence-corrected chi connectivity index (χ4v) is 3.89. The van der Waals surface area contributed by atoms with Crippen LogP contribution < -0.4 is 5.32 Å². The molecule has 1 saturated heterocycles. The van der Waals surface area contributed by atoms with Gasteiger partial charge in [-0.15, -0.1) is 12.3 Å². The molecule has 1 aromatic heterocycles. The lowest BCUT2D eigenvalue weighted by Gasteiger charge is -2.24. The second-order valence-electron chi connectivity index (χ2n) is 7.01. The van der Waals surface area contributed by atoms with Gasteiger partial charge in [-0.1, -0.05) is 42.5 Å². The smallest absolute Gasteiger partial charge is 0.325 e. The average Bonchev–Trinajstić information content (AvgIpc) is 3.34. The van der Waals surface area contributed by atoms with E-state index >= 15 is 0 Å². The van der Waals surface area contributed by atoms with E-state index in [1.807, 2.05) is 54.6 Å². The molecule has 0 radical (unpaired) electrons. The minimum atomic E-state index is -0.702. The minimum Gasteiger partial charge on any atom is -0.340 e. The predicted molar refractivity (Wildman–Crippen MR) is 122 cm³/mol. The van der Waals surface area contributed by atoms with E-state index in [2.05, 4.69) is 43.8 Å². The molecule has 150 valence electrons. The van der Waals surface area contributed by atoms with Crippen LogP contribution in [0, 0.1) is 15.9 Å². The molecule has 1 aliphatic heterocycles. The number of carbonyl (C=O) groups is 2. The number of hydrogen-bond donors (Lipinski definition) is 2. The summed E-state index contributed by atoms with van der Waals surface area (Å²) in [6.07, 6.45) is 7.69. The first-order valence-electron chi connectivity index (χ1n) is 9.48. The molecule has 1 aliphatic rings. The Bertz CT molecular complexity index is 1100. The summed E-state index contributed by atoms with van der Waals surface area (Å²) >= 11 is 2.25. The van der Waals surface area contributed by atoms with Crippen LogP contribution in [-0.4, -0.2) is 32.8 Å². The molecule has 30 heavy (non-hydrogen) atoms. The van der Waals surface area contributed by atoms with E-state index in [-0.39, 0.29) is 12.3 Å². The second kappa shape index (κ2) is 8.71. The number of aromatic nitrogens is 2. The maximum Gasteiger partial charge on any atom is 0.325 e. The van der Waals surface area contributed by atoms with Gasteiger partial charge >= 0.3 is 6.03 Å². The Labute approximate surface area is 188 Å². The number of imidazole rings is 1. The first-order valence-corrected chi connectivity index (χ1v) is 10.6. The summed E-state index contributed by atoms with van der Waals surface area (Å²) in [5.41, 5.74) is 2.80. The van der Waals surface area contributed by atoms with Crippen LogP contribution in [0.15, 0.2) is 60.8 Å². The van der Waals surface area contributed by atoms with Crippen molar-refractivity contribution in [1.82, 2.24) is 20.2 Å². The highest BCUT2D eigenvalue weighted by Gasteiger charge is 2.43. The third kappa shape index (κ3) is 4.09. The SMILES string of the molecule is C#CCC1NC(=O)N([C@@H](Cc2ccccc2)c2ncc(-c3ccc(I)cc3)[nH]2)C1=O. The topological polar surface area (TPSA) is 78.1 Å². The third-order valence-corrected chi connectivity index (χ3v) is 5.74. The number of rotatable bonds is 6. The lowest BCUT2D eigenvalue weighted by Crippen LogP contribution is -2.37. The summed E-state index contributed by atoms with van der Waals surface area (Å²) in [5, 5.41) is 2.69. The van der Waals surface area contributed by atoms with Crippen LogP contribution >= 0.6 is 22.6 Å². The molecule has 4 rings (SSSR count). The monoisotopic (exact) mass is 510 g/mol. The Kier molecular flexibility index (Phi) is 5.86. The number of terminal acetylenes is 1. The lowest BCUT2D eigenvalue weighted by molar-refractivity contribution is -0.129. The van der Waals surface area contributed by atoms with Gasteiger partial charge in [0.25, 0.3) is 5.91 Å². The number of nitrogens with zero attached hydrogens (tertiary/aromatic N) is 2. The van der Waals surface area contributed by atoms with Crippen molar-refractivity contribution in [3.05, 3.63) is 75.8 Å². The highest BCUT2D eigenvalue weighted by Crippen LogP contribution is 2.29. The molecule has 0 saturated carbocycles. The van der Waals surface area contributed by atoms with Gasteiger partial charge in [-0.25, -0.2) is 9.78 Å². The maximum atomic E-state index is 12.9. The van der Waals surface area contributed by atoms with Gasteiger partial charge in [-0.2, -0.15) is 0 Å². The Balaban J connectivity index is 1.69. The Hall–Kier alpha value is -3.12. The van der Waals surface area contributed by atoms with Crippen LogP contribution in [0.2, 0.25) is 0 Å². The number of aromatic amines is 1. The van der Waals surface area contributed by atoms with Crippen molar-refractivity contribution in [2.45, 2.75) is 24.9 Å². The van der Waals surface area contributed by atoms with Gasteiger partial charge in [0.1, 0.15) is 17.9 Å². The van der Waals surface area contributed by atoms with Gasteiger partial charge in [0, 0.05) is 16.4 Å². The molecular formula is C23H19IN4O2. The summed E-state index contributed by atoms with van der Waals surface area (Å²) in [5.74, 6) is 2.68. The summed E-state index contributed by atoms with van der Waals surface area (Å²) < 4.78 is 1.14. The van der Waals surface area contributed by atoms with Crippen molar-refractivity contribution < 1.29 is 9.59 Å². The third-order valence-electron chi connectivity index (χ3n) is 5.02. The standard InChI is InChI=1S/C23H19IN4O2/c1-2-6-18-22(29)28(23(30)27-18)20(13-15-7-4-3-5-8-15)21-25-14-19(26-21)16-9-11-17(24)12-10-16/h1,3-5,7-12,14,18,20H,6,13H2,(H,25,26)(H,27,30)/t18?,20-/m0/s1. The molecule has 0 spiro atoms. The Morgan fingerprint density at radius 3 is 2.57 bits per heavy atom. The number of halogens is 1. The van der Waals surface area contributed by atoms with E-state index in [9.17, 15) is 9.59 Å². The molecule has 2 heterocycles. The number of H-pyrrole nitrogens is 1. The minimum absolute atomic E-state index is 0.158. The van der Waals surface area contributed by atoms with E-state index in [0.29, 0.717) is 12.2 Å². The zero-order chi connectivity index (χ0) is 21.1. The molecule has 0 bridgehead atoms. The molecule has 2 aromatic carbocycles. The van der Waals surface area contributed by atoms with Crippen molar-refractivity contribution in [2.24, 2.45) is 0 Å². The largest absolute Gasteiger partial charge is 0.340 e. The number of hydrogen-bond acceptors (Lipinski definition) is 3. The molecule has 1 unspecified atom stereocenters. The molecule has 6 nitrogen and oxygen atoms in total. The highest BCUT2D eigenvalue weighted by molar-refractivity contribution is 14.1. The zero-order valence-corrected chi connectivity index (χ0v) is 18.2. The van der Waals surface area contributed by atoms with Gasteiger partial charge in [-0.05, 0) is 45.9 Å². The normalized spacial score (nSPS) is 16.9.